The average molecular weight is 737 g/mol. The zero-order valence-corrected chi connectivity index (χ0v) is 29.6. The van der Waals surface area contributed by atoms with E-state index in [2.05, 4.69) is 0 Å². The lowest BCUT2D eigenvalue weighted by Gasteiger charge is -2.14. The Labute approximate surface area is 303 Å². The van der Waals surface area contributed by atoms with Crippen LogP contribution in [0.3, 0.4) is 0 Å². The summed E-state index contributed by atoms with van der Waals surface area (Å²) >= 11 is 0. The minimum atomic E-state index is -3.77. The molecule has 0 aliphatic carbocycles. The maximum absolute atomic E-state index is 13.2. The van der Waals surface area contributed by atoms with Crippen LogP contribution in [0, 0.1) is 0 Å². The van der Waals surface area contributed by atoms with E-state index in [0.29, 0.717) is 36.2 Å². The Bertz CT molecular complexity index is 2080. The Hall–Kier alpha value is -5.62. The molecule has 1 N–H and O–H groups in total. The van der Waals surface area contributed by atoms with Gasteiger partial charge in [0.2, 0.25) is 19.7 Å². The van der Waals surface area contributed by atoms with Crippen molar-refractivity contribution < 1.29 is 40.9 Å². The van der Waals surface area contributed by atoms with Gasteiger partial charge in [-0.25, -0.2) is 16.8 Å². The fourth-order valence-electron chi connectivity index (χ4n) is 5.05. The van der Waals surface area contributed by atoms with Crippen LogP contribution in [0.15, 0.2) is 177 Å². The fourth-order valence-corrected chi connectivity index (χ4v) is 7.57. The van der Waals surface area contributed by atoms with E-state index in [9.17, 15) is 21.9 Å². The average Bonchev–Trinajstić information content (AvgIpc) is 3.19. The number of aliphatic hydroxyl groups excluding tert-OH is 1. The van der Waals surface area contributed by atoms with E-state index in [1.165, 1.54) is 72.8 Å². The zero-order chi connectivity index (χ0) is 36.4. The second kappa shape index (κ2) is 16.6. The monoisotopic (exact) mass is 736 g/mol. The predicted octanol–water partition coefficient (Wildman–Crippen LogP) is 7.33. The van der Waals surface area contributed by atoms with E-state index in [-0.39, 0.29) is 32.8 Å². The Morgan fingerprint density at radius 3 is 0.942 bits per heavy atom. The number of ether oxygens (including phenoxy) is 4. The lowest BCUT2D eigenvalue weighted by Crippen LogP contribution is -2.25. The number of rotatable bonds is 16. The largest absolute Gasteiger partial charge is 0.491 e. The van der Waals surface area contributed by atoms with Crippen molar-refractivity contribution in [2.75, 3.05) is 13.2 Å². The first-order valence-electron chi connectivity index (χ1n) is 16.3. The number of benzene rings is 6. The van der Waals surface area contributed by atoms with Crippen LogP contribution in [0.5, 0.6) is 23.0 Å². The topological polar surface area (TPSA) is 125 Å². The van der Waals surface area contributed by atoms with Crippen LogP contribution in [0.2, 0.25) is 0 Å². The van der Waals surface area contributed by atoms with Crippen molar-refractivity contribution in [1.82, 2.24) is 0 Å². The molecule has 6 rings (SSSR count). The first kappa shape index (κ1) is 36.2. The van der Waals surface area contributed by atoms with Gasteiger partial charge in [0.1, 0.15) is 55.5 Å². The number of sulfone groups is 2. The maximum atomic E-state index is 13.2. The van der Waals surface area contributed by atoms with Crippen LogP contribution in [-0.2, 0) is 32.9 Å². The minimum Gasteiger partial charge on any atom is -0.491 e. The normalized spacial score (nSPS) is 11.6. The molecule has 0 amide bonds. The van der Waals surface area contributed by atoms with E-state index in [0.717, 1.165) is 11.1 Å². The molecular weight excluding hydrogens is 701 g/mol. The highest BCUT2D eigenvalue weighted by Gasteiger charge is 2.19. The third-order valence-electron chi connectivity index (χ3n) is 7.92. The molecule has 11 heteroatoms. The number of aliphatic hydroxyl groups is 1. The molecule has 0 saturated carbocycles. The summed E-state index contributed by atoms with van der Waals surface area (Å²) in [4.78, 5) is 0.449. The van der Waals surface area contributed by atoms with E-state index in [1.807, 2.05) is 60.7 Å². The van der Waals surface area contributed by atoms with Crippen LogP contribution in [0.1, 0.15) is 11.1 Å². The summed E-state index contributed by atoms with van der Waals surface area (Å²) in [7, 11) is -7.55. The molecule has 0 aliphatic rings. The molecule has 52 heavy (non-hydrogen) atoms. The third kappa shape index (κ3) is 9.38. The molecular formula is C41H36O9S2. The SMILES string of the molecule is O=S(=O)(c1ccc(OCc2ccccc2)cc1)c1ccc(OCC(O)COc2ccc(S(=O)(=O)c3ccc(OCc4ccccc4)cc3)cc2)cc1. The van der Waals surface area contributed by atoms with Gasteiger partial charge in [-0.15, -0.1) is 0 Å². The van der Waals surface area contributed by atoms with Crippen molar-refractivity contribution in [2.45, 2.75) is 38.9 Å². The lowest BCUT2D eigenvalue weighted by atomic mass is 10.2. The van der Waals surface area contributed by atoms with E-state index in [1.54, 1.807) is 24.3 Å². The van der Waals surface area contributed by atoms with Gasteiger partial charge in [0.05, 0.1) is 19.6 Å². The molecule has 0 atom stereocenters. The second-order valence-corrected chi connectivity index (χ2v) is 15.6. The van der Waals surface area contributed by atoms with Gasteiger partial charge in [0.15, 0.2) is 0 Å². The molecule has 0 bridgehead atoms. The molecule has 0 radical (unpaired) electrons. The smallest absolute Gasteiger partial charge is 0.206 e. The van der Waals surface area contributed by atoms with Crippen molar-refractivity contribution in [3.05, 3.63) is 169 Å². The van der Waals surface area contributed by atoms with Crippen LogP contribution in [0.25, 0.3) is 0 Å². The van der Waals surface area contributed by atoms with Crippen molar-refractivity contribution in [3.63, 3.8) is 0 Å². The Kier molecular flexibility index (Phi) is 11.5. The maximum Gasteiger partial charge on any atom is 0.206 e. The van der Waals surface area contributed by atoms with Crippen LogP contribution in [0.4, 0.5) is 0 Å². The predicted molar refractivity (Wildman–Crippen MR) is 195 cm³/mol. The standard InChI is InChI=1S/C41H36O9S2/c42-33(29-49-36-15-23-40(24-16-36)51(43,44)38-19-11-34(12-20-38)47-27-31-7-3-1-4-8-31)30-50-37-17-25-41(26-18-37)52(45,46)39-21-13-35(14-22-39)48-28-32-9-5-2-6-10-32/h1-26,33,42H,27-30H2. The lowest BCUT2D eigenvalue weighted by molar-refractivity contribution is 0.0626. The number of hydrogen-bond acceptors (Lipinski definition) is 9. The van der Waals surface area contributed by atoms with E-state index >= 15 is 0 Å². The molecule has 0 heterocycles. The van der Waals surface area contributed by atoms with Gasteiger partial charge in [-0.2, -0.15) is 0 Å². The second-order valence-electron chi connectivity index (χ2n) is 11.7. The molecule has 0 aromatic heterocycles. The first-order valence-corrected chi connectivity index (χ1v) is 19.3. The molecule has 6 aromatic carbocycles. The molecule has 266 valence electrons. The van der Waals surface area contributed by atoms with Crippen LogP contribution < -0.4 is 18.9 Å². The van der Waals surface area contributed by atoms with Crippen molar-refractivity contribution >= 4 is 19.7 Å². The highest BCUT2D eigenvalue weighted by atomic mass is 32.2. The van der Waals surface area contributed by atoms with Gasteiger partial charge in [0, 0.05) is 0 Å². The summed E-state index contributed by atoms with van der Waals surface area (Å²) in [6, 6.07) is 43.7. The Morgan fingerprint density at radius 1 is 0.385 bits per heavy atom. The first-order chi connectivity index (χ1) is 25.2. The molecule has 0 aliphatic heterocycles. The van der Waals surface area contributed by atoms with Crippen molar-refractivity contribution in [3.8, 4) is 23.0 Å². The summed E-state index contributed by atoms with van der Waals surface area (Å²) in [6.07, 6.45) is -1.02. The van der Waals surface area contributed by atoms with Gasteiger partial charge in [-0.05, 0) is 108 Å². The summed E-state index contributed by atoms with van der Waals surface area (Å²) in [5.74, 6) is 1.85. The van der Waals surface area contributed by atoms with Gasteiger partial charge < -0.3 is 24.1 Å². The van der Waals surface area contributed by atoms with Gasteiger partial charge >= 0.3 is 0 Å². The Balaban J connectivity index is 0.953. The summed E-state index contributed by atoms with van der Waals surface area (Å²) in [5, 5.41) is 10.4. The fraction of sp³-hybridized carbons (Fsp3) is 0.122. The van der Waals surface area contributed by atoms with Crippen LogP contribution in [-0.4, -0.2) is 41.3 Å². The quantitative estimate of drug-likeness (QED) is 0.109. The van der Waals surface area contributed by atoms with Gasteiger partial charge in [0.25, 0.3) is 0 Å². The van der Waals surface area contributed by atoms with Crippen molar-refractivity contribution in [1.29, 1.82) is 0 Å². The molecule has 0 saturated heterocycles. The third-order valence-corrected chi connectivity index (χ3v) is 11.5. The highest BCUT2D eigenvalue weighted by molar-refractivity contribution is 7.91. The summed E-state index contributed by atoms with van der Waals surface area (Å²) in [5.41, 5.74) is 2.01. The molecule has 0 spiro atoms. The van der Waals surface area contributed by atoms with Crippen molar-refractivity contribution in [2.24, 2.45) is 0 Å². The highest BCUT2D eigenvalue weighted by Crippen LogP contribution is 2.27. The molecule has 0 unspecified atom stereocenters. The van der Waals surface area contributed by atoms with E-state index in [4.69, 9.17) is 18.9 Å². The van der Waals surface area contributed by atoms with Gasteiger partial charge in [-0.3, -0.25) is 0 Å². The molecule has 0 fully saturated rings. The summed E-state index contributed by atoms with van der Waals surface area (Å²) in [6.45, 7) is 0.513. The van der Waals surface area contributed by atoms with Gasteiger partial charge in [-0.1, -0.05) is 60.7 Å². The van der Waals surface area contributed by atoms with Crippen LogP contribution >= 0.6 is 0 Å². The summed E-state index contributed by atoms with van der Waals surface area (Å²) < 4.78 is 75.5. The van der Waals surface area contributed by atoms with E-state index < -0.39 is 25.8 Å². The Morgan fingerprint density at radius 2 is 0.654 bits per heavy atom. The molecule has 9 nitrogen and oxygen atoms in total. The number of hydrogen-bond donors (Lipinski definition) is 1. The minimum absolute atomic E-state index is 0.0945. The zero-order valence-electron chi connectivity index (χ0n) is 27.9. The molecule has 6 aromatic rings.